The molecule has 0 aliphatic heterocycles. The zero-order valence-corrected chi connectivity index (χ0v) is 14.4. The van der Waals surface area contributed by atoms with E-state index in [-0.39, 0.29) is 11.9 Å². The average Bonchev–Trinajstić information content (AvgIpc) is 2.66. The number of benzene rings is 2. The highest BCUT2D eigenvalue weighted by Crippen LogP contribution is 2.14. The number of fused-ring (bicyclic) bond motifs is 1. The minimum Gasteiger partial charge on any atom is -0.346 e. The van der Waals surface area contributed by atoms with Crippen molar-refractivity contribution in [2.75, 3.05) is 0 Å². The minimum absolute atomic E-state index is 0.0502. The van der Waals surface area contributed by atoms with Crippen molar-refractivity contribution in [2.45, 2.75) is 26.3 Å². The van der Waals surface area contributed by atoms with Gasteiger partial charge in [-0.15, -0.1) is 0 Å². The number of rotatable bonds is 5. The number of hydrogen-bond acceptors (Lipinski definition) is 3. The highest BCUT2D eigenvalue weighted by Gasteiger charge is 2.07. The lowest BCUT2D eigenvalue weighted by Gasteiger charge is -2.13. The van der Waals surface area contributed by atoms with E-state index in [0.717, 1.165) is 23.0 Å². The summed E-state index contributed by atoms with van der Waals surface area (Å²) < 4.78 is 0. The molecule has 2 aromatic carbocycles. The van der Waals surface area contributed by atoms with Crippen molar-refractivity contribution in [1.29, 1.82) is 0 Å². The number of nitrogens with one attached hydrogen (secondary N) is 1. The van der Waals surface area contributed by atoms with Gasteiger partial charge in [0.25, 0.3) is 0 Å². The smallest absolute Gasteiger partial charge is 0.244 e. The third kappa shape index (κ3) is 4.29. The standard InChI is InChI=1S/C21H21N3O/c1-3-16-8-10-17(11-9-16)15(2)23-21(25)13-12-18-14-22-19-6-4-5-7-20(19)24-18/h4-15H,3H2,1-2H3,(H,23,25)/b13-12+. The maximum atomic E-state index is 12.1. The Bertz CT molecular complexity index is 900. The normalized spacial score (nSPS) is 12.4. The fourth-order valence-corrected chi connectivity index (χ4v) is 2.60. The molecule has 0 fully saturated rings. The third-order valence-corrected chi connectivity index (χ3v) is 4.12. The van der Waals surface area contributed by atoms with E-state index in [9.17, 15) is 4.79 Å². The molecule has 1 amide bonds. The number of hydrogen-bond donors (Lipinski definition) is 1. The monoisotopic (exact) mass is 331 g/mol. The van der Waals surface area contributed by atoms with E-state index in [1.807, 2.05) is 31.2 Å². The second-order valence-corrected chi connectivity index (χ2v) is 5.94. The van der Waals surface area contributed by atoms with Gasteiger partial charge in [0.05, 0.1) is 29.0 Å². The molecule has 0 aliphatic rings. The Labute approximate surface area is 147 Å². The largest absolute Gasteiger partial charge is 0.346 e. The van der Waals surface area contributed by atoms with Gasteiger partial charge in [-0.25, -0.2) is 4.98 Å². The molecule has 0 saturated carbocycles. The van der Waals surface area contributed by atoms with Crippen LogP contribution in [0.5, 0.6) is 0 Å². The molecule has 4 heteroatoms. The Kier molecular flexibility index (Phi) is 5.19. The molecule has 0 bridgehead atoms. The Balaban J connectivity index is 1.64. The quantitative estimate of drug-likeness (QED) is 0.717. The molecular weight excluding hydrogens is 310 g/mol. The highest BCUT2D eigenvalue weighted by molar-refractivity contribution is 5.92. The van der Waals surface area contributed by atoms with Crippen LogP contribution in [0.2, 0.25) is 0 Å². The van der Waals surface area contributed by atoms with Crippen LogP contribution in [0.3, 0.4) is 0 Å². The van der Waals surface area contributed by atoms with Gasteiger partial charge in [-0.1, -0.05) is 43.3 Å². The molecule has 1 N–H and O–H groups in total. The van der Waals surface area contributed by atoms with Crippen LogP contribution in [-0.2, 0) is 11.2 Å². The lowest BCUT2D eigenvalue weighted by molar-refractivity contribution is -0.117. The van der Waals surface area contributed by atoms with Crippen molar-refractivity contribution in [1.82, 2.24) is 15.3 Å². The lowest BCUT2D eigenvalue weighted by atomic mass is 10.1. The molecule has 0 saturated heterocycles. The van der Waals surface area contributed by atoms with Crippen LogP contribution in [-0.4, -0.2) is 15.9 Å². The van der Waals surface area contributed by atoms with Crippen LogP contribution in [0.1, 0.15) is 36.7 Å². The fraction of sp³-hybridized carbons (Fsp3) is 0.190. The number of aryl methyl sites for hydroxylation is 1. The maximum Gasteiger partial charge on any atom is 0.244 e. The molecule has 1 aromatic heterocycles. The van der Waals surface area contributed by atoms with Crippen molar-refractivity contribution in [2.24, 2.45) is 0 Å². The van der Waals surface area contributed by atoms with Gasteiger partial charge in [0, 0.05) is 6.08 Å². The number of amides is 1. The molecule has 1 heterocycles. The van der Waals surface area contributed by atoms with Crippen LogP contribution >= 0.6 is 0 Å². The Morgan fingerprint density at radius 2 is 1.84 bits per heavy atom. The number of para-hydroxylation sites is 2. The van der Waals surface area contributed by atoms with Crippen LogP contribution in [0.4, 0.5) is 0 Å². The summed E-state index contributed by atoms with van der Waals surface area (Å²) in [5.74, 6) is -0.151. The molecule has 3 rings (SSSR count). The predicted octanol–water partition coefficient (Wildman–Crippen LogP) is 4.08. The summed E-state index contributed by atoms with van der Waals surface area (Å²) in [7, 11) is 0. The molecule has 3 aromatic rings. The van der Waals surface area contributed by atoms with Gasteiger partial charge < -0.3 is 5.32 Å². The first-order chi connectivity index (χ1) is 12.2. The summed E-state index contributed by atoms with van der Waals surface area (Å²) in [6.45, 7) is 4.10. The number of carbonyl (C=O) groups excluding carboxylic acids is 1. The first kappa shape index (κ1) is 16.8. The second-order valence-electron chi connectivity index (χ2n) is 5.94. The summed E-state index contributed by atoms with van der Waals surface area (Å²) in [6.07, 6.45) is 5.85. The first-order valence-corrected chi connectivity index (χ1v) is 8.45. The summed E-state index contributed by atoms with van der Waals surface area (Å²) in [4.78, 5) is 21.0. The Hall–Kier alpha value is -3.01. The van der Waals surface area contributed by atoms with Crippen molar-refractivity contribution >= 4 is 23.0 Å². The summed E-state index contributed by atoms with van der Waals surface area (Å²) in [5, 5.41) is 2.97. The van der Waals surface area contributed by atoms with E-state index >= 15 is 0 Å². The molecule has 1 atom stereocenters. The van der Waals surface area contributed by atoms with Crippen LogP contribution in [0.25, 0.3) is 17.1 Å². The van der Waals surface area contributed by atoms with Gasteiger partial charge >= 0.3 is 0 Å². The molecule has 0 aliphatic carbocycles. The van der Waals surface area contributed by atoms with E-state index < -0.39 is 0 Å². The molecular formula is C21H21N3O. The van der Waals surface area contributed by atoms with Gasteiger partial charge in [0.2, 0.25) is 5.91 Å². The molecule has 0 spiro atoms. The molecule has 1 unspecified atom stereocenters. The fourth-order valence-electron chi connectivity index (χ4n) is 2.60. The van der Waals surface area contributed by atoms with Crippen LogP contribution < -0.4 is 5.32 Å². The lowest BCUT2D eigenvalue weighted by Crippen LogP contribution is -2.24. The topological polar surface area (TPSA) is 54.9 Å². The summed E-state index contributed by atoms with van der Waals surface area (Å²) >= 11 is 0. The molecule has 0 radical (unpaired) electrons. The Morgan fingerprint density at radius 1 is 1.12 bits per heavy atom. The molecule has 25 heavy (non-hydrogen) atoms. The average molecular weight is 331 g/mol. The number of aromatic nitrogens is 2. The maximum absolute atomic E-state index is 12.1. The zero-order valence-electron chi connectivity index (χ0n) is 14.4. The van der Waals surface area contributed by atoms with Gasteiger partial charge in [-0.3, -0.25) is 9.78 Å². The van der Waals surface area contributed by atoms with Crippen LogP contribution in [0, 0.1) is 0 Å². The summed E-state index contributed by atoms with van der Waals surface area (Å²) in [5.41, 5.74) is 4.69. The van der Waals surface area contributed by atoms with Gasteiger partial charge in [0.15, 0.2) is 0 Å². The second kappa shape index (κ2) is 7.71. The van der Waals surface area contributed by atoms with Crippen molar-refractivity contribution in [3.05, 3.63) is 77.6 Å². The first-order valence-electron chi connectivity index (χ1n) is 8.45. The Morgan fingerprint density at radius 3 is 2.56 bits per heavy atom. The number of nitrogens with zero attached hydrogens (tertiary/aromatic N) is 2. The highest BCUT2D eigenvalue weighted by atomic mass is 16.1. The SMILES string of the molecule is CCc1ccc(C(C)NC(=O)/C=C/c2cnc3ccccc3n2)cc1. The van der Waals surface area contributed by atoms with Gasteiger partial charge in [0.1, 0.15) is 0 Å². The molecule has 4 nitrogen and oxygen atoms in total. The van der Waals surface area contributed by atoms with Crippen molar-refractivity contribution in [3.8, 4) is 0 Å². The van der Waals surface area contributed by atoms with Crippen molar-refractivity contribution < 1.29 is 4.79 Å². The van der Waals surface area contributed by atoms with Crippen LogP contribution in [0.15, 0.2) is 60.8 Å². The van der Waals surface area contributed by atoms with Gasteiger partial charge in [-0.05, 0) is 42.7 Å². The zero-order chi connectivity index (χ0) is 17.6. The third-order valence-electron chi connectivity index (χ3n) is 4.12. The summed E-state index contributed by atoms with van der Waals surface area (Å²) in [6, 6.07) is 15.9. The molecule has 126 valence electrons. The minimum atomic E-state index is -0.151. The predicted molar refractivity (Wildman–Crippen MR) is 101 cm³/mol. The van der Waals surface area contributed by atoms with E-state index in [1.165, 1.54) is 11.6 Å². The number of carbonyl (C=O) groups is 1. The van der Waals surface area contributed by atoms with E-state index in [1.54, 1.807) is 12.3 Å². The van der Waals surface area contributed by atoms with E-state index in [2.05, 4.69) is 46.5 Å². The van der Waals surface area contributed by atoms with E-state index in [4.69, 9.17) is 0 Å². The van der Waals surface area contributed by atoms with Gasteiger partial charge in [-0.2, -0.15) is 0 Å². The van der Waals surface area contributed by atoms with Crippen molar-refractivity contribution in [3.63, 3.8) is 0 Å². The van der Waals surface area contributed by atoms with E-state index in [0.29, 0.717) is 5.69 Å².